The molecule has 0 saturated heterocycles. The highest BCUT2D eigenvalue weighted by atomic mass is 19.1. The molecule has 0 saturated carbocycles. The molecule has 4 rings (SSSR count). The number of aromatic nitrogens is 7. The Kier molecular flexibility index (Phi) is 4.61. The molecule has 0 N–H and O–H groups in total. The lowest BCUT2D eigenvalue weighted by atomic mass is 10.1. The number of rotatable bonds is 5. The first-order valence-corrected chi connectivity index (χ1v) is 8.49. The Morgan fingerprint density at radius 2 is 1.93 bits per heavy atom. The lowest BCUT2D eigenvalue weighted by Crippen LogP contribution is -2.09. The second-order valence-electron chi connectivity index (χ2n) is 5.89. The van der Waals surface area contributed by atoms with Gasteiger partial charge in [0, 0.05) is 36.5 Å². The number of pyridine rings is 1. The quantitative estimate of drug-likeness (QED) is 0.543. The van der Waals surface area contributed by atoms with E-state index in [0.717, 1.165) is 28.9 Å². The number of hydrogen-bond acceptors (Lipinski definition) is 6. The van der Waals surface area contributed by atoms with Crippen LogP contribution in [0.3, 0.4) is 0 Å². The fourth-order valence-electron chi connectivity index (χ4n) is 2.83. The van der Waals surface area contributed by atoms with Gasteiger partial charge in [-0.3, -0.25) is 0 Å². The third-order valence-electron chi connectivity index (χ3n) is 4.20. The van der Waals surface area contributed by atoms with E-state index in [0.29, 0.717) is 12.4 Å². The van der Waals surface area contributed by atoms with Crippen molar-refractivity contribution in [2.75, 3.05) is 0 Å². The van der Waals surface area contributed by atoms with Gasteiger partial charge in [0.2, 0.25) is 0 Å². The minimum atomic E-state index is -0.411. The average Bonchev–Trinajstić information content (AvgIpc) is 3.17. The van der Waals surface area contributed by atoms with Crippen LogP contribution in [-0.2, 0) is 13.0 Å². The number of halogens is 1. The molecule has 0 aliphatic carbocycles. The molecule has 27 heavy (non-hydrogen) atoms. The van der Waals surface area contributed by atoms with Crippen molar-refractivity contribution in [2.24, 2.45) is 0 Å². The van der Waals surface area contributed by atoms with Gasteiger partial charge >= 0.3 is 0 Å². The first-order valence-electron chi connectivity index (χ1n) is 8.49. The highest BCUT2D eigenvalue weighted by molar-refractivity contribution is 5.57. The van der Waals surface area contributed by atoms with E-state index in [2.05, 4.69) is 37.1 Å². The van der Waals surface area contributed by atoms with Crippen molar-refractivity contribution in [1.29, 1.82) is 0 Å². The Morgan fingerprint density at radius 1 is 1.07 bits per heavy atom. The average molecular weight is 361 g/mol. The largest absolute Gasteiger partial charge is 0.324 e. The Labute approximate surface area is 155 Å². The molecule has 0 aromatic carbocycles. The lowest BCUT2D eigenvalue weighted by Gasteiger charge is -2.11. The molecule has 0 aliphatic heterocycles. The van der Waals surface area contributed by atoms with E-state index < -0.39 is 5.82 Å². The number of imidazole rings is 1. The highest BCUT2D eigenvalue weighted by Crippen LogP contribution is 2.21. The van der Waals surface area contributed by atoms with Crippen molar-refractivity contribution >= 4 is 0 Å². The van der Waals surface area contributed by atoms with Crippen molar-refractivity contribution in [1.82, 2.24) is 34.7 Å². The van der Waals surface area contributed by atoms with Gasteiger partial charge in [-0.25, -0.2) is 24.3 Å². The molecule has 0 aliphatic rings. The maximum absolute atomic E-state index is 14.1. The first-order chi connectivity index (χ1) is 13.3. The van der Waals surface area contributed by atoms with Crippen LogP contribution in [0.5, 0.6) is 0 Å². The molecule has 0 bridgehead atoms. The monoisotopic (exact) mass is 361 g/mol. The normalized spacial score (nSPS) is 10.9. The summed E-state index contributed by atoms with van der Waals surface area (Å²) in [6, 6.07) is 4.91. The molecule has 8 heteroatoms. The molecule has 4 aromatic heterocycles. The Balaban J connectivity index is 1.68. The Morgan fingerprint density at radius 3 is 2.70 bits per heavy atom. The molecular weight excluding hydrogens is 345 g/mol. The fourth-order valence-corrected chi connectivity index (χ4v) is 2.83. The predicted octanol–water partition coefficient (Wildman–Crippen LogP) is 2.94. The third-order valence-corrected chi connectivity index (χ3v) is 4.20. The molecule has 0 atom stereocenters. The standard InChI is InChI=1S/C19H16FN7/c1-2-13-8-16(14-9-21-12-22-10-14)25-26-17(13)11-27-7-6-24-19(27)18-15(20)4-3-5-23-18/h3-10,12H,2,11H2,1H3. The van der Waals surface area contributed by atoms with Gasteiger partial charge < -0.3 is 4.57 Å². The summed E-state index contributed by atoms with van der Waals surface area (Å²) in [6.45, 7) is 2.48. The summed E-state index contributed by atoms with van der Waals surface area (Å²) < 4.78 is 15.9. The van der Waals surface area contributed by atoms with Gasteiger partial charge in [-0.05, 0) is 30.2 Å². The van der Waals surface area contributed by atoms with Gasteiger partial charge in [0.05, 0.1) is 17.9 Å². The smallest absolute Gasteiger partial charge is 0.162 e. The number of nitrogens with zero attached hydrogens (tertiary/aromatic N) is 7. The molecular formula is C19H16FN7. The zero-order valence-corrected chi connectivity index (χ0v) is 14.6. The van der Waals surface area contributed by atoms with Crippen molar-refractivity contribution < 1.29 is 4.39 Å². The van der Waals surface area contributed by atoms with Gasteiger partial charge in [-0.15, -0.1) is 0 Å². The van der Waals surface area contributed by atoms with Crippen molar-refractivity contribution in [3.63, 3.8) is 0 Å². The zero-order valence-electron chi connectivity index (χ0n) is 14.6. The van der Waals surface area contributed by atoms with Crippen LogP contribution in [0.2, 0.25) is 0 Å². The van der Waals surface area contributed by atoms with Gasteiger partial charge in [0.15, 0.2) is 11.6 Å². The Hall–Kier alpha value is -3.55. The van der Waals surface area contributed by atoms with E-state index in [1.54, 1.807) is 37.1 Å². The van der Waals surface area contributed by atoms with E-state index >= 15 is 0 Å². The van der Waals surface area contributed by atoms with Crippen molar-refractivity contribution in [3.8, 4) is 22.8 Å². The van der Waals surface area contributed by atoms with Gasteiger partial charge in [0.25, 0.3) is 0 Å². The Bertz CT molecular complexity index is 1060. The first kappa shape index (κ1) is 16.9. The van der Waals surface area contributed by atoms with E-state index in [4.69, 9.17) is 0 Å². The summed E-state index contributed by atoms with van der Waals surface area (Å²) in [7, 11) is 0. The van der Waals surface area contributed by atoms with Crippen LogP contribution in [-0.4, -0.2) is 34.7 Å². The van der Waals surface area contributed by atoms with Crippen molar-refractivity contribution in [3.05, 3.63) is 72.6 Å². The summed E-state index contributed by atoms with van der Waals surface area (Å²) in [6.07, 6.45) is 10.6. The molecule has 0 radical (unpaired) electrons. The van der Waals surface area contributed by atoms with Crippen LogP contribution in [0.4, 0.5) is 4.39 Å². The topological polar surface area (TPSA) is 82.3 Å². The molecule has 0 unspecified atom stereocenters. The van der Waals surface area contributed by atoms with Crippen LogP contribution in [0.15, 0.2) is 55.5 Å². The minimum absolute atomic E-state index is 0.214. The van der Waals surface area contributed by atoms with Crippen LogP contribution in [0.25, 0.3) is 22.8 Å². The SMILES string of the molecule is CCc1cc(-c2cncnc2)nnc1Cn1ccnc1-c1ncccc1F. The van der Waals surface area contributed by atoms with E-state index in [9.17, 15) is 4.39 Å². The summed E-state index contributed by atoms with van der Waals surface area (Å²) >= 11 is 0. The van der Waals surface area contributed by atoms with Crippen molar-refractivity contribution in [2.45, 2.75) is 19.9 Å². The molecule has 7 nitrogen and oxygen atoms in total. The number of aryl methyl sites for hydroxylation is 1. The molecule has 0 fully saturated rings. The predicted molar refractivity (Wildman–Crippen MR) is 97.0 cm³/mol. The number of hydrogen-bond donors (Lipinski definition) is 0. The second-order valence-corrected chi connectivity index (χ2v) is 5.89. The van der Waals surface area contributed by atoms with Crippen LogP contribution in [0.1, 0.15) is 18.2 Å². The molecule has 0 spiro atoms. The third kappa shape index (κ3) is 3.41. The maximum atomic E-state index is 14.1. The minimum Gasteiger partial charge on any atom is -0.324 e. The summed E-state index contributed by atoms with van der Waals surface area (Å²) in [5.41, 5.74) is 3.59. The molecule has 4 aromatic rings. The molecule has 4 heterocycles. The summed E-state index contributed by atoms with van der Waals surface area (Å²) in [5, 5.41) is 8.69. The highest BCUT2D eigenvalue weighted by Gasteiger charge is 2.15. The van der Waals surface area contributed by atoms with Gasteiger partial charge in [0.1, 0.15) is 12.0 Å². The molecule has 134 valence electrons. The fraction of sp³-hybridized carbons (Fsp3) is 0.158. The summed E-state index contributed by atoms with van der Waals surface area (Å²) in [4.78, 5) is 16.4. The van der Waals surface area contributed by atoms with Crippen LogP contribution in [0, 0.1) is 5.82 Å². The van der Waals surface area contributed by atoms with E-state index in [1.807, 2.05) is 10.6 Å². The zero-order chi connectivity index (χ0) is 18.6. The molecule has 0 amide bonds. The second kappa shape index (κ2) is 7.36. The van der Waals surface area contributed by atoms with E-state index in [1.165, 1.54) is 12.4 Å². The van der Waals surface area contributed by atoms with Crippen LogP contribution >= 0.6 is 0 Å². The van der Waals surface area contributed by atoms with E-state index in [-0.39, 0.29) is 5.69 Å². The van der Waals surface area contributed by atoms with Gasteiger partial charge in [-0.2, -0.15) is 10.2 Å². The van der Waals surface area contributed by atoms with Gasteiger partial charge in [-0.1, -0.05) is 6.92 Å². The van der Waals surface area contributed by atoms with Crippen LogP contribution < -0.4 is 0 Å². The maximum Gasteiger partial charge on any atom is 0.162 e. The lowest BCUT2D eigenvalue weighted by molar-refractivity contribution is 0.621. The summed E-state index contributed by atoms with van der Waals surface area (Å²) in [5.74, 6) is 0.0451.